The molecule has 8 heteroatoms. The number of nitrogens with zero attached hydrogens (tertiary/aromatic N) is 3. The molecular weight excluding hydrogens is 446 g/mol. The minimum absolute atomic E-state index is 0.291. The molecule has 0 bridgehead atoms. The minimum atomic E-state index is -0.605. The van der Waals surface area contributed by atoms with E-state index in [2.05, 4.69) is 11.8 Å². The fraction of sp³-hybridized carbons (Fsp3) is 0.444. The Hall–Kier alpha value is -2.91. The van der Waals surface area contributed by atoms with Gasteiger partial charge in [0.05, 0.1) is 43.4 Å². The van der Waals surface area contributed by atoms with Crippen molar-refractivity contribution in [3.63, 3.8) is 0 Å². The van der Waals surface area contributed by atoms with Crippen LogP contribution in [0.25, 0.3) is 5.69 Å². The molecule has 0 saturated heterocycles. The molecule has 1 heterocycles. The lowest BCUT2D eigenvalue weighted by Crippen LogP contribution is -2.36. The second-order valence-electron chi connectivity index (χ2n) is 8.15. The van der Waals surface area contributed by atoms with Gasteiger partial charge < -0.3 is 24.1 Å². The molecule has 1 N–H and O–H groups in total. The summed E-state index contributed by atoms with van der Waals surface area (Å²) in [5.74, 6) is 2.10. The second kappa shape index (κ2) is 13.8. The second-order valence-corrected chi connectivity index (χ2v) is 8.15. The normalized spacial score (nSPS) is 12.2. The highest BCUT2D eigenvalue weighted by Gasteiger charge is 2.23. The topological polar surface area (TPSA) is 78.2 Å². The van der Waals surface area contributed by atoms with Crippen LogP contribution < -0.4 is 9.47 Å². The van der Waals surface area contributed by atoms with Crippen LogP contribution >= 0.6 is 0 Å². The zero-order valence-corrected chi connectivity index (χ0v) is 21.1. The SMILES string of the molecule is CCOCC(O)CN(CCOC)Cc1c(CC)nn(-c2ccccc2)c1Oc1ccc(OC)cc1. The van der Waals surface area contributed by atoms with Gasteiger partial charge in [-0.3, -0.25) is 4.90 Å². The van der Waals surface area contributed by atoms with E-state index in [0.717, 1.165) is 29.1 Å². The quantitative estimate of drug-likeness (QED) is 0.349. The molecule has 190 valence electrons. The van der Waals surface area contributed by atoms with Crippen molar-refractivity contribution in [3.8, 4) is 23.1 Å². The number of aryl methyl sites for hydroxylation is 1. The number of hydrogen-bond donors (Lipinski definition) is 1. The first-order valence-corrected chi connectivity index (χ1v) is 12.0. The minimum Gasteiger partial charge on any atom is -0.497 e. The third kappa shape index (κ3) is 7.53. The molecule has 0 fully saturated rings. The Bertz CT molecular complexity index is 1010. The predicted octanol–water partition coefficient (Wildman–Crippen LogP) is 4.08. The van der Waals surface area contributed by atoms with E-state index >= 15 is 0 Å². The predicted molar refractivity (Wildman–Crippen MR) is 136 cm³/mol. The van der Waals surface area contributed by atoms with Crippen molar-refractivity contribution < 1.29 is 24.1 Å². The Morgan fingerprint density at radius 2 is 1.71 bits per heavy atom. The van der Waals surface area contributed by atoms with Crippen molar-refractivity contribution in [2.24, 2.45) is 0 Å². The van der Waals surface area contributed by atoms with Crippen LogP contribution in [0.15, 0.2) is 54.6 Å². The fourth-order valence-electron chi connectivity index (χ4n) is 3.81. The molecule has 1 aromatic heterocycles. The molecule has 0 spiro atoms. The average Bonchev–Trinajstić information content (AvgIpc) is 3.23. The number of aromatic nitrogens is 2. The number of hydrogen-bond acceptors (Lipinski definition) is 7. The summed E-state index contributed by atoms with van der Waals surface area (Å²) in [4.78, 5) is 2.15. The summed E-state index contributed by atoms with van der Waals surface area (Å²) in [7, 11) is 3.32. The van der Waals surface area contributed by atoms with E-state index in [1.165, 1.54) is 0 Å². The smallest absolute Gasteiger partial charge is 0.227 e. The van der Waals surface area contributed by atoms with Crippen LogP contribution in [-0.2, 0) is 22.4 Å². The highest BCUT2D eigenvalue weighted by molar-refractivity contribution is 5.44. The highest BCUT2D eigenvalue weighted by Crippen LogP contribution is 2.33. The summed E-state index contributed by atoms with van der Waals surface area (Å²) in [6.07, 6.45) is 0.139. The molecule has 35 heavy (non-hydrogen) atoms. The molecule has 0 aliphatic heterocycles. The molecule has 0 radical (unpaired) electrons. The van der Waals surface area contributed by atoms with Crippen LogP contribution in [0.5, 0.6) is 17.4 Å². The monoisotopic (exact) mass is 483 g/mol. The van der Waals surface area contributed by atoms with E-state index in [9.17, 15) is 5.11 Å². The molecule has 0 aliphatic carbocycles. The lowest BCUT2D eigenvalue weighted by Gasteiger charge is -2.25. The summed E-state index contributed by atoms with van der Waals surface area (Å²) in [6, 6.07) is 17.4. The molecule has 3 aromatic rings. The van der Waals surface area contributed by atoms with Crippen molar-refractivity contribution in [2.45, 2.75) is 32.9 Å². The van der Waals surface area contributed by atoms with Gasteiger partial charge in [-0.1, -0.05) is 25.1 Å². The van der Waals surface area contributed by atoms with Gasteiger partial charge in [0.1, 0.15) is 11.5 Å². The molecule has 0 amide bonds. The zero-order chi connectivity index (χ0) is 25.0. The van der Waals surface area contributed by atoms with Crippen molar-refractivity contribution in [2.75, 3.05) is 47.1 Å². The van der Waals surface area contributed by atoms with Gasteiger partial charge in [0, 0.05) is 33.4 Å². The molecule has 1 atom stereocenters. The van der Waals surface area contributed by atoms with Gasteiger partial charge in [0.25, 0.3) is 0 Å². The molecule has 2 aromatic carbocycles. The Morgan fingerprint density at radius 3 is 2.34 bits per heavy atom. The lowest BCUT2D eigenvalue weighted by molar-refractivity contribution is 0.0147. The maximum Gasteiger partial charge on any atom is 0.227 e. The zero-order valence-electron chi connectivity index (χ0n) is 21.1. The highest BCUT2D eigenvalue weighted by atomic mass is 16.5. The van der Waals surface area contributed by atoms with Crippen molar-refractivity contribution in [1.29, 1.82) is 0 Å². The van der Waals surface area contributed by atoms with Crippen LogP contribution in [0.4, 0.5) is 0 Å². The third-order valence-electron chi connectivity index (χ3n) is 5.61. The number of aliphatic hydroxyl groups excluding tert-OH is 1. The lowest BCUT2D eigenvalue weighted by atomic mass is 10.1. The molecule has 3 rings (SSSR count). The van der Waals surface area contributed by atoms with Crippen molar-refractivity contribution in [3.05, 3.63) is 65.9 Å². The Balaban J connectivity index is 1.98. The maximum absolute atomic E-state index is 10.5. The fourth-order valence-corrected chi connectivity index (χ4v) is 3.81. The molecule has 8 nitrogen and oxygen atoms in total. The Morgan fingerprint density at radius 1 is 1.00 bits per heavy atom. The first kappa shape index (κ1) is 26.7. The van der Waals surface area contributed by atoms with Crippen LogP contribution in [0.2, 0.25) is 0 Å². The number of para-hydroxylation sites is 1. The molecular formula is C27H37N3O5. The van der Waals surface area contributed by atoms with E-state index in [0.29, 0.717) is 51.1 Å². The van der Waals surface area contributed by atoms with E-state index in [1.807, 2.05) is 66.2 Å². The van der Waals surface area contributed by atoms with Gasteiger partial charge in [0.15, 0.2) is 0 Å². The van der Waals surface area contributed by atoms with Gasteiger partial charge in [-0.2, -0.15) is 5.10 Å². The summed E-state index contributed by atoms with van der Waals surface area (Å²) < 4.78 is 24.3. The summed E-state index contributed by atoms with van der Waals surface area (Å²) in [5.41, 5.74) is 2.84. The van der Waals surface area contributed by atoms with Gasteiger partial charge in [0.2, 0.25) is 5.88 Å². The van der Waals surface area contributed by atoms with Crippen LogP contribution in [0.1, 0.15) is 25.1 Å². The molecule has 1 unspecified atom stereocenters. The van der Waals surface area contributed by atoms with Gasteiger partial charge >= 0.3 is 0 Å². The van der Waals surface area contributed by atoms with Crippen molar-refractivity contribution in [1.82, 2.24) is 14.7 Å². The summed E-state index contributed by atoms with van der Waals surface area (Å²) in [5, 5.41) is 15.4. The van der Waals surface area contributed by atoms with Crippen LogP contribution in [0, 0.1) is 0 Å². The standard InChI is InChI=1S/C27H37N3O5/c1-5-26-25(19-29(16-17-32-3)18-22(31)20-34-6-2)27(30(28-26)21-10-8-7-9-11-21)35-24-14-12-23(33-4)13-15-24/h7-15,22,31H,5-6,16-20H2,1-4H3. The largest absolute Gasteiger partial charge is 0.497 e. The molecule has 0 saturated carbocycles. The maximum atomic E-state index is 10.5. The van der Waals surface area contributed by atoms with Crippen LogP contribution in [0.3, 0.4) is 0 Å². The third-order valence-corrected chi connectivity index (χ3v) is 5.61. The average molecular weight is 484 g/mol. The van der Waals surface area contributed by atoms with Gasteiger partial charge in [-0.15, -0.1) is 0 Å². The van der Waals surface area contributed by atoms with E-state index in [-0.39, 0.29) is 0 Å². The first-order chi connectivity index (χ1) is 17.1. The summed E-state index contributed by atoms with van der Waals surface area (Å²) >= 11 is 0. The number of rotatable bonds is 15. The number of ether oxygens (including phenoxy) is 4. The Kier molecular flexibility index (Phi) is 10.6. The number of aliphatic hydroxyl groups is 1. The van der Waals surface area contributed by atoms with Crippen LogP contribution in [-0.4, -0.2) is 73.0 Å². The van der Waals surface area contributed by atoms with Gasteiger partial charge in [-0.05, 0) is 49.7 Å². The van der Waals surface area contributed by atoms with E-state index in [4.69, 9.17) is 24.0 Å². The van der Waals surface area contributed by atoms with Crippen molar-refractivity contribution >= 4 is 0 Å². The summed E-state index contributed by atoms with van der Waals surface area (Å²) in [6.45, 7) is 7.06. The van der Waals surface area contributed by atoms with E-state index < -0.39 is 6.10 Å². The molecule has 0 aliphatic rings. The number of methoxy groups -OCH3 is 2. The van der Waals surface area contributed by atoms with Gasteiger partial charge in [-0.25, -0.2) is 4.68 Å². The first-order valence-electron chi connectivity index (χ1n) is 12.0. The Labute approximate surface area is 208 Å². The van der Waals surface area contributed by atoms with E-state index in [1.54, 1.807) is 14.2 Å². The number of benzene rings is 2.